The summed E-state index contributed by atoms with van der Waals surface area (Å²) in [5, 5.41) is 13.8. The molecule has 23 heavy (non-hydrogen) atoms. The first-order valence-corrected chi connectivity index (χ1v) is 7.34. The van der Waals surface area contributed by atoms with E-state index >= 15 is 0 Å². The lowest BCUT2D eigenvalue weighted by atomic mass is 10.2. The summed E-state index contributed by atoms with van der Waals surface area (Å²) in [6.07, 6.45) is 3.03. The number of rotatable bonds is 5. The van der Waals surface area contributed by atoms with Crippen molar-refractivity contribution >= 4 is 17.3 Å². The van der Waals surface area contributed by atoms with Crippen molar-refractivity contribution in [3.63, 3.8) is 0 Å². The average Bonchev–Trinajstić information content (AvgIpc) is 2.61. The normalized spacial score (nSPS) is 14.5. The molecule has 0 radical (unpaired) electrons. The van der Waals surface area contributed by atoms with Gasteiger partial charge in [0.1, 0.15) is 17.8 Å². The molecule has 3 rings (SSSR count). The molecule has 8 heteroatoms. The molecule has 1 aliphatic rings. The molecule has 0 spiro atoms. The number of pyridine rings is 2. The van der Waals surface area contributed by atoms with Crippen molar-refractivity contribution < 1.29 is 9.66 Å². The van der Waals surface area contributed by atoms with Crippen molar-refractivity contribution in [3.05, 3.63) is 52.3 Å². The Labute approximate surface area is 133 Å². The second kappa shape index (κ2) is 7.01. The molecule has 0 bridgehead atoms. The number of aromatic nitrogens is 2. The van der Waals surface area contributed by atoms with Gasteiger partial charge in [0.05, 0.1) is 18.1 Å². The summed E-state index contributed by atoms with van der Waals surface area (Å²) in [6, 6.07) is 7.00. The van der Waals surface area contributed by atoms with E-state index in [2.05, 4.69) is 20.2 Å². The third-order valence-electron chi connectivity index (χ3n) is 3.58. The molecule has 0 aromatic carbocycles. The molecule has 0 atom stereocenters. The first kappa shape index (κ1) is 15.2. The number of nitrogens with one attached hydrogen (secondary N) is 1. The van der Waals surface area contributed by atoms with E-state index < -0.39 is 4.92 Å². The van der Waals surface area contributed by atoms with Gasteiger partial charge in [0.15, 0.2) is 0 Å². The Morgan fingerprint density at radius 1 is 1.26 bits per heavy atom. The van der Waals surface area contributed by atoms with Gasteiger partial charge in [-0.05, 0) is 23.8 Å². The minimum atomic E-state index is -0.464. The van der Waals surface area contributed by atoms with E-state index in [1.165, 1.54) is 12.3 Å². The predicted molar refractivity (Wildman–Crippen MR) is 85.5 cm³/mol. The summed E-state index contributed by atoms with van der Waals surface area (Å²) < 4.78 is 5.35. The highest BCUT2D eigenvalue weighted by molar-refractivity contribution is 5.44. The van der Waals surface area contributed by atoms with Crippen LogP contribution in [0.5, 0.6) is 0 Å². The summed E-state index contributed by atoms with van der Waals surface area (Å²) in [6.45, 7) is 3.69. The van der Waals surface area contributed by atoms with Crippen LogP contribution in [0.25, 0.3) is 0 Å². The van der Waals surface area contributed by atoms with Gasteiger partial charge in [-0.15, -0.1) is 0 Å². The van der Waals surface area contributed by atoms with Crippen LogP contribution in [0, 0.1) is 10.1 Å². The number of ether oxygens (including phenoxy) is 1. The fraction of sp³-hybridized carbons (Fsp3) is 0.333. The lowest BCUT2D eigenvalue weighted by Crippen LogP contribution is -2.36. The van der Waals surface area contributed by atoms with E-state index in [9.17, 15) is 10.1 Å². The third kappa shape index (κ3) is 3.92. The Kier molecular flexibility index (Phi) is 4.62. The van der Waals surface area contributed by atoms with Crippen molar-refractivity contribution in [3.8, 4) is 0 Å². The lowest BCUT2D eigenvalue weighted by Gasteiger charge is -2.28. The number of hydrogen-bond donors (Lipinski definition) is 1. The molecule has 0 saturated carbocycles. The van der Waals surface area contributed by atoms with E-state index in [0.717, 1.165) is 37.7 Å². The first-order valence-electron chi connectivity index (χ1n) is 7.34. The van der Waals surface area contributed by atoms with Crippen LogP contribution in [0.3, 0.4) is 0 Å². The number of nitrogens with zero attached hydrogens (tertiary/aromatic N) is 4. The predicted octanol–water partition coefficient (Wildman–Crippen LogP) is 1.83. The quantitative estimate of drug-likeness (QED) is 0.664. The van der Waals surface area contributed by atoms with Crippen molar-refractivity contribution in [2.75, 3.05) is 36.5 Å². The molecule has 0 amide bonds. The summed E-state index contributed by atoms with van der Waals surface area (Å²) in [5.41, 5.74) is 1.05. The van der Waals surface area contributed by atoms with Gasteiger partial charge >= 0.3 is 0 Å². The summed E-state index contributed by atoms with van der Waals surface area (Å²) >= 11 is 0. The molecule has 120 valence electrons. The zero-order valence-electron chi connectivity index (χ0n) is 12.5. The number of hydrogen-bond acceptors (Lipinski definition) is 7. The first-order chi connectivity index (χ1) is 11.2. The molecular formula is C15H17N5O3. The molecule has 0 unspecified atom stereocenters. The van der Waals surface area contributed by atoms with Crippen molar-refractivity contribution in [1.82, 2.24) is 9.97 Å². The molecule has 3 heterocycles. The van der Waals surface area contributed by atoms with Crippen molar-refractivity contribution in [2.45, 2.75) is 6.54 Å². The van der Waals surface area contributed by atoms with Gasteiger partial charge in [-0.1, -0.05) is 0 Å². The molecule has 2 aromatic heterocycles. The molecule has 1 saturated heterocycles. The van der Waals surface area contributed by atoms with Crippen LogP contribution in [0.4, 0.5) is 17.3 Å². The Morgan fingerprint density at radius 3 is 2.78 bits per heavy atom. The maximum atomic E-state index is 10.6. The second-order valence-corrected chi connectivity index (χ2v) is 5.13. The molecule has 8 nitrogen and oxygen atoms in total. The fourth-order valence-electron chi connectivity index (χ4n) is 2.33. The van der Waals surface area contributed by atoms with Gasteiger partial charge in [0.2, 0.25) is 0 Å². The summed E-state index contributed by atoms with van der Waals surface area (Å²) in [5.74, 6) is 1.53. The zero-order chi connectivity index (χ0) is 16.1. The Hall–Kier alpha value is -2.74. The Morgan fingerprint density at radius 2 is 2.09 bits per heavy atom. The SMILES string of the molecule is O=[N+]([O-])c1ccc(NCc2ccnc(N3CCOCC3)c2)nc1. The number of morpholine rings is 1. The average molecular weight is 315 g/mol. The van der Waals surface area contributed by atoms with Crippen LogP contribution in [0.2, 0.25) is 0 Å². The topological polar surface area (TPSA) is 93.4 Å². The largest absolute Gasteiger partial charge is 0.378 e. The second-order valence-electron chi connectivity index (χ2n) is 5.13. The molecular weight excluding hydrogens is 298 g/mol. The third-order valence-corrected chi connectivity index (χ3v) is 3.58. The highest BCUT2D eigenvalue weighted by Crippen LogP contribution is 2.16. The minimum Gasteiger partial charge on any atom is -0.378 e. The molecule has 2 aromatic rings. The van der Waals surface area contributed by atoms with Crippen molar-refractivity contribution in [1.29, 1.82) is 0 Å². The monoisotopic (exact) mass is 315 g/mol. The van der Waals surface area contributed by atoms with E-state index in [-0.39, 0.29) is 5.69 Å². The van der Waals surface area contributed by atoms with Crippen LogP contribution in [-0.4, -0.2) is 41.2 Å². The molecule has 0 aliphatic carbocycles. The van der Waals surface area contributed by atoms with E-state index in [1.54, 1.807) is 12.3 Å². The van der Waals surface area contributed by atoms with Gasteiger partial charge in [0, 0.05) is 31.9 Å². The van der Waals surface area contributed by atoms with E-state index in [1.807, 2.05) is 12.1 Å². The maximum absolute atomic E-state index is 10.6. The standard InChI is InChI=1S/C15H17N5O3/c21-20(22)13-1-2-14(18-11-13)17-10-12-3-4-16-15(9-12)19-5-7-23-8-6-19/h1-4,9,11H,5-8,10H2,(H,17,18). The maximum Gasteiger partial charge on any atom is 0.287 e. The van der Waals surface area contributed by atoms with Crippen LogP contribution in [0.1, 0.15) is 5.56 Å². The number of nitro groups is 1. The van der Waals surface area contributed by atoms with Gasteiger partial charge < -0.3 is 15.0 Å². The molecule has 1 N–H and O–H groups in total. The van der Waals surface area contributed by atoms with Crippen molar-refractivity contribution in [2.24, 2.45) is 0 Å². The molecule has 1 fully saturated rings. The van der Waals surface area contributed by atoms with E-state index in [0.29, 0.717) is 12.4 Å². The van der Waals surface area contributed by atoms with Gasteiger partial charge in [-0.2, -0.15) is 0 Å². The molecule has 1 aliphatic heterocycles. The lowest BCUT2D eigenvalue weighted by molar-refractivity contribution is -0.385. The Bertz CT molecular complexity index is 671. The van der Waals surface area contributed by atoms with Crippen LogP contribution < -0.4 is 10.2 Å². The van der Waals surface area contributed by atoms with Crippen LogP contribution >= 0.6 is 0 Å². The van der Waals surface area contributed by atoms with Gasteiger partial charge in [-0.3, -0.25) is 10.1 Å². The van der Waals surface area contributed by atoms with E-state index in [4.69, 9.17) is 4.74 Å². The smallest absolute Gasteiger partial charge is 0.287 e. The van der Waals surface area contributed by atoms with Crippen LogP contribution in [-0.2, 0) is 11.3 Å². The highest BCUT2D eigenvalue weighted by atomic mass is 16.6. The number of anilines is 2. The highest BCUT2D eigenvalue weighted by Gasteiger charge is 2.12. The summed E-state index contributed by atoms with van der Waals surface area (Å²) in [4.78, 5) is 20.8. The van der Waals surface area contributed by atoms with Crippen LogP contribution in [0.15, 0.2) is 36.7 Å². The minimum absolute atomic E-state index is 0.0194. The van der Waals surface area contributed by atoms with Gasteiger partial charge in [-0.25, -0.2) is 9.97 Å². The zero-order valence-corrected chi connectivity index (χ0v) is 12.5. The Balaban J connectivity index is 1.62. The van der Waals surface area contributed by atoms with Gasteiger partial charge in [0.25, 0.3) is 5.69 Å². The fourth-order valence-corrected chi connectivity index (χ4v) is 2.33. The summed E-state index contributed by atoms with van der Waals surface area (Å²) in [7, 11) is 0.